The monoisotopic (exact) mass is 203 g/mol. The Morgan fingerprint density at radius 2 is 2.33 bits per heavy atom. The van der Waals surface area contributed by atoms with Gasteiger partial charge in [-0.15, -0.1) is 0 Å². The van der Waals surface area contributed by atoms with Gasteiger partial charge in [-0.3, -0.25) is 10.8 Å². The van der Waals surface area contributed by atoms with Crippen LogP contribution in [0.1, 0.15) is 22.9 Å². The van der Waals surface area contributed by atoms with Crippen molar-refractivity contribution in [3.05, 3.63) is 53.7 Å². The molecule has 4 nitrogen and oxygen atoms in total. The molecule has 0 saturated heterocycles. The molecule has 0 bridgehead atoms. The van der Waals surface area contributed by atoms with Crippen LogP contribution >= 0.6 is 0 Å². The van der Waals surface area contributed by atoms with Gasteiger partial charge in [-0.1, -0.05) is 6.07 Å². The predicted octanol–water partition coefficient (Wildman–Crippen LogP) is 1.54. The van der Waals surface area contributed by atoms with Gasteiger partial charge in [0, 0.05) is 17.5 Å². The van der Waals surface area contributed by atoms with Crippen molar-refractivity contribution in [2.45, 2.75) is 13.0 Å². The van der Waals surface area contributed by atoms with Crippen molar-refractivity contribution in [3.8, 4) is 0 Å². The average molecular weight is 203 g/mol. The summed E-state index contributed by atoms with van der Waals surface area (Å²) in [5.74, 6) is 5.55. The fourth-order valence-electron chi connectivity index (χ4n) is 1.61. The van der Waals surface area contributed by atoms with E-state index in [0.717, 1.165) is 16.8 Å². The molecule has 0 aromatic carbocycles. The van der Waals surface area contributed by atoms with Crippen LogP contribution in [0, 0.1) is 6.92 Å². The zero-order valence-corrected chi connectivity index (χ0v) is 8.47. The van der Waals surface area contributed by atoms with Gasteiger partial charge in [-0.25, -0.2) is 5.43 Å². The van der Waals surface area contributed by atoms with Gasteiger partial charge in [0.2, 0.25) is 0 Å². The summed E-state index contributed by atoms with van der Waals surface area (Å²) >= 11 is 0. The summed E-state index contributed by atoms with van der Waals surface area (Å²) in [7, 11) is 0. The second-order valence-corrected chi connectivity index (χ2v) is 3.33. The van der Waals surface area contributed by atoms with Gasteiger partial charge in [0.25, 0.3) is 0 Å². The van der Waals surface area contributed by atoms with Crippen LogP contribution in [-0.4, -0.2) is 4.98 Å². The predicted molar refractivity (Wildman–Crippen MR) is 56.8 cm³/mol. The van der Waals surface area contributed by atoms with Crippen molar-refractivity contribution in [2.75, 3.05) is 0 Å². The van der Waals surface area contributed by atoms with Gasteiger partial charge in [0.1, 0.15) is 0 Å². The molecule has 0 fully saturated rings. The number of furan rings is 1. The molecule has 2 aromatic rings. The molecular formula is C11H13N3O. The fourth-order valence-corrected chi connectivity index (χ4v) is 1.61. The minimum atomic E-state index is -0.0718. The van der Waals surface area contributed by atoms with Crippen LogP contribution in [0.15, 0.2) is 41.3 Å². The van der Waals surface area contributed by atoms with E-state index in [1.165, 1.54) is 0 Å². The maximum atomic E-state index is 5.55. The Morgan fingerprint density at radius 3 is 2.93 bits per heavy atom. The molecule has 0 spiro atoms. The van der Waals surface area contributed by atoms with E-state index in [1.807, 2.05) is 25.1 Å². The molecule has 2 rings (SSSR count). The number of rotatable bonds is 3. The number of aromatic nitrogens is 1. The van der Waals surface area contributed by atoms with Gasteiger partial charge < -0.3 is 4.42 Å². The van der Waals surface area contributed by atoms with Crippen LogP contribution in [0.5, 0.6) is 0 Å². The largest absolute Gasteiger partial charge is 0.472 e. The Morgan fingerprint density at radius 1 is 1.47 bits per heavy atom. The SMILES string of the molecule is Cc1ncccc1C(NN)c1ccoc1. The molecule has 2 heterocycles. The molecule has 15 heavy (non-hydrogen) atoms. The number of hydrogen-bond donors (Lipinski definition) is 2. The second kappa shape index (κ2) is 4.25. The first-order chi connectivity index (χ1) is 7.33. The number of aryl methyl sites for hydroxylation is 1. The fraction of sp³-hybridized carbons (Fsp3) is 0.182. The van der Waals surface area contributed by atoms with Crippen LogP contribution in [-0.2, 0) is 0 Å². The molecule has 0 saturated carbocycles. The normalized spacial score (nSPS) is 12.7. The van der Waals surface area contributed by atoms with Gasteiger partial charge >= 0.3 is 0 Å². The quantitative estimate of drug-likeness (QED) is 0.586. The summed E-state index contributed by atoms with van der Waals surface area (Å²) in [4.78, 5) is 4.23. The van der Waals surface area contributed by atoms with Crippen LogP contribution in [0.2, 0.25) is 0 Å². The van der Waals surface area contributed by atoms with Gasteiger partial charge in [0.15, 0.2) is 0 Å². The smallest absolute Gasteiger partial charge is 0.0954 e. The third-order valence-electron chi connectivity index (χ3n) is 2.40. The summed E-state index contributed by atoms with van der Waals surface area (Å²) in [5.41, 5.74) is 5.77. The molecule has 0 amide bonds. The summed E-state index contributed by atoms with van der Waals surface area (Å²) in [6.07, 6.45) is 5.07. The van der Waals surface area contributed by atoms with Crippen LogP contribution < -0.4 is 11.3 Å². The Labute approximate surface area is 88.1 Å². The minimum absolute atomic E-state index is 0.0718. The number of nitrogens with zero attached hydrogens (tertiary/aromatic N) is 1. The lowest BCUT2D eigenvalue weighted by atomic mass is 10.0. The molecule has 2 aromatic heterocycles. The number of hydrazine groups is 1. The molecule has 0 aliphatic rings. The minimum Gasteiger partial charge on any atom is -0.472 e. The first kappa shape index (κ1) is 9.89. The van der Waals surface area contributed by atoms with Crippen LogP contribution in [0.3, 0.4) is 0 Å². The van der Waals surface area contributed by atoms with E-state index in [1.54, 1.807) is 18.7 Å². The number of nitrogens with one attached hydrogen (secondary N) is 1. The maximum Gasteiger partial charge on any atom is 0.0954 e. The zero-order chi connectivity index (χ0) is 10.7. The highest BCUT2D eigenvalue weighted by Crippen LogP contribution is 2.22. The summed E-state index contributed by atoms with van der Waals surface area (Å²) in [6.45, 7) is 1.96. The Hall–Kier alpha value is -1.65. The molecule has 0 radical (unpaired) electrons. The Kier molecular flexibility index (Phi) is 2.80. The van der Waals surface area contributed by atoms with E-state index in [0.29, 0.717) is 0 Å². The van der Waals surface area contributed by atoms with Crippen molar-refractivity contribution in [3.63, 3.8) is 0 Å². The highest BCUT2D eigenvalue weighted by Gasteiger charge is 2.15. The van der Waals surface area contributed by atoms with E-state index in [4.69, 9.17) is 10.3 Å². The lowest BCUT2D eigenvalue weighted by Gasteiger charge is -2.15. The standard InChI is InChI=1S/C11H13N3O/c1-8-10(3-2-5-13-8)11(14-12)9-4-6-15-7-9/h2-7,11,14H,12H2,1H3. The maximum absolute atomic E-state index is 5.55. The number of nitrogens with two attached hydrogens (primary N) is 1. The van der Waals surface area contributed by atoms with E-state index in [2.05, 4.69) is 10.4 Å². The summed E-state index contributed by atoms with van der Waals surface area (Å²) in [5, 5.41) is 0. The van der Waals surface area contributed by atoms with E-state index in [-0.39, 0.29) is 6.04 Å². The number of hydrogen-bond acceptors (Lipinski definition) is 4. The van der Waals surface area contributed by atoms with E-state index >= 15 is 0 Å². The lowest BCUT2D eigenvalue weighted by Crippen LogP contribution is -2.29. The highest BCUT2D eigenvalue weighted by atomic mass is 16.3. The third kappa shape index (κ3) is 1.91. The molecule has 1 unspecified atom stereocenters. The summed E-state index contributed by atoms with van der Waals surface area (Å²) < 4.78 is 5.04. The van der Waals surface area contributed by atoms with Crippen molar-refractivity contribution in [1.29, 1.82) is 0 Å². The lowest BCUT2D eigenvalue weighted by molar-refractivity contribution is 0.552. The molecule has 0 aliphatic carbocycles. The topological polar surface area (TPSA) is 64.1 Å². The third-order valence-corrected chi connectivity index (χ3v) is 2.40. The average Bonchev–Trinajstić information content (AvgIpc) is 2.75. The van der Waals surface area contributed by atoms with Gasteiger partial charge in [-0.05, 0) is 24.6 Å². The molecule has 78 valence electrons. The number of pyridine rings is 1. The van der Waals surface area contributed by atoms with Crippen molar-refractivity contribution >= 4 is 0 Å². The van der Waals surface area contributed by atoms with Crippen LogP contribution in [0.4, 0.5) is 0 Å². The van der Waals surface area contributed by atoms with Crippen LogP contribution in [0.25, 0.3) is 0 Å². The Bertz CT molecular complexity index is 425. The van der Waals surface area contributed by atoms with E-state index in [9.17, 15) is 0 Å². The van der Waals surface area contributed by atoms with Gasteiger partial charge in [-0.2, -0.15) is 0 Å². The first-order valence-corrected chi connectivity index (χ1v) is 4.72. The zero-order valence-electron chi connectivity index (χ0n) is 8.47. The Balaban J connectivity index is 2.40. The van der Waals surface area contributed by atoms with Gasteiger partial charge in [0.05, 0.1) is 18.6 Å². The molecular weight excluding hydrogens is 190 g/mol. The first-order valence-electron chi connectivity index (χ1n) is 4.72. The second-order valence-electron chi connectivity index (χ2n) is 3.33. The molecule has 0 aliphatic heterocycles. The molecule has 3 N–H and O–H groups in total. The molecule has 1 atom stereocenters. The highest BCUT2D eigenvalue weighted by molar-refractivity contribution is 5.31. The van der Waals surface area contributed by atoms with Crippen molar-refractivity contribution < 1.29 is 4.42 Å². The molecule has 4 heteroatoms. The van der Waals surface area contributed by atoms with Crippen molar-refractivity contribution in [1.82, 2.24) is 10.4 Å². The summed E-state index contributed by atoms with van der Waals surface area (Å²) in [6, 6.07) is 5.71. The van der Waals surface area contributed by atoms with Crippen molar-refractivity contribution in [2.24, 2.45) is 5.84 Å². The van der Waals surface area contributed by atoms with E-state index < -0.39 is 0 Å².